The van der Waals surface area contributed by atoms with Crippen molar-refractivity contribution in [3.05, 3.63) is 34.1 Å². The van der Waals surface area contributed by atoms with Crippen molar-refractivity contribution in [1.29, 1.82) is 0 Å². The van der Waals surface area contributed by atoms with E-state index in [0.29, 0.717) is 17.4 Å². The molecule has 1 saturated heterocycles. The van der Waals surface area contributed by atoms with Gasteiger partial charge in [0.25, 0.3) is 5.91 Å². The zero-order valence-corrected chi connectivity index (χ0v) is 11.5. The Balaban J connectivity index is 2.24. The van der Waals surface area contributed by atoms with Gasteiger partial charge in [-0.1, -0.05) is 29.3 Å². The molecule has 3 nitrogen and oxygen atoms in total. The molecule has 1 fully saturated rings. The van der Waals surface area contributed by atoms with Crippen LogP contribution < -0.4 is 0 Å². The summed E-state index contributed by atoms with van der Waals surface area (Å²) in [7, 11) is 0. The second-order valence-corrected chi connectivity index (χ2v) is 5.33. The molecule has 1 atom stereocenters. The third-order valence-corrected chi connectivity index (χ3v) is 3.68. The highest BCUT2D eigenvalue weighted by atomic mass is 79.9. The summed E-state index contributed by atoms with van der Waals surface area (Å²) in [6.45, 7) is 2.37. The molecule has 0 radical (unpaired) electrons. The largest absolute Gasteiger partial charge is 0.278 e. The fourth-order valence-corrected chi connectivity index (χ4v) is 2.39. The first-order valence-corrected chi connectivity index (χ1v) is 6.62. The predicted molar refractivity (Wildman–Crippen MR) is 68.5 cm³/mol. The molecule has 1 aliphatic rings. The van der Waals surface area contributed by atoms with Crippen LogP contribution in [0.2, 0.25) is 0 Å². The minimum atomic E-state index is -0.609. The lowest BCUT2D eigenvalue weighted by atomic mass is 10.1. The molecule has 5 heteroatoms. The Labute approximate surface area is 113 Å². The quantitative estimate of drug-likeness (QED) is 0.787. The molecule has 0 saturated carbocycles. The number of nitrogens with zero attached hydrogens (tertiary/aromatic N) is 1. The van der Waals surface area contributed by atoms with E-state index in [2.05, 4.69) is 15.9 Å². The smallest absolute Gasteiger partial charge is 0.263 e. The summed E-state index contributed by atoms with van der Waals surface area (Å²) in [5.41, 5.74) is -0.0525. The number of halogens is 2. The molecule has 18 heavy (non-hydrogen) atoms. The molecule has 1 heterocycles. The van der Waals surface area contributed by atoms with Gasteiger partial charge in [-0.3, -0.25) is 14.5 Å². The van der Waals surface area contributed by atoms with E-state index in [1.54, 1.807) is 6.07 Å². The monoisotopic (exact) mass is 313 g/mol. The molecule has 96 valence electrons. The van der Waals surface area contributed by atoms with Crippen LogP contribution in [0.25, 0.3) is 0 Å². The van der Waals surface area contributed by atoms with E-state index in [1.807, 2.05) is 6.92 Å². The van der Waals surface area contributed by atoms with Crippen LogP contribution in [0.3, 0.4) is 0 Å². The molecule has 0 aliphatic carbocycles. The summed E-state index contributed by atoms with van der Waals surface area (Å²) >= 11 is 3.13. The maximum Gasteiger partial charge on any atom is 0.263 e. The normalized spacial score (nSPS) is 19.4. The molecule has 1 aromatic rings. The van der Waals surface area contributed by atoms with Gasteiger partial charge in [0.1, 0.15) is 5.82 Å². The number of imide groups is 1. The summed E-state index contributed by atoms with van der Waals surface area (Å²) < 4.78 is 14.2. The van der Waals surface area contributed by atoms with Gasteiger partial charge in [0, 0.05) is 17.4 Å². The molecule has 1 aliphatic heterocycles. The van der Waals surface area contributed by atoms with Gasteiger partial charge in [-0.25, -0.2) is 4.39 Å². The van der Waals surface area contributed by atoms with Gasteiger partial charge in [0.15, 0.2) is 0 Å². The maximum atomic E-state index is 13.7. The topological polar surface area (TPSA) is 37.4 Å². The Morgan fingerprint density at radius 3 is 2.83 bits per heavy atom. The molecule has 0 spiro atoms. The summed E-state index contributed by atoms with van der Waals surface area (Å²) in [6.07, 6.45) is 1.22. The Morgan fingerprint density at radius 2 is 2.28 bits per heavy atom. The maximum absolute atomic E-state index is 13.7. The second kappa shape index (κ2) is 5.18. The van der Waals surface area contributed by atoms with Crippen molar-refractivity contribution < 1.29 is 14.0 Å². The number of likely N-dealkylation sites (tertiary alicyclic amines) is 1. The van der Waals surface area contributed by atoms with E-state index in [4.69, 9.17) is 0 Å². The fraction of sp³-hybridized carbons (Fsp3) is 0.385. The Morgan fingerprint density at radius 1 is 1.56 bits per heavy atom. The third-order valence-electron chi connectivity index (χ3n) is 3.19. The lowest BCUT2D eigenvalue weighted by molar-refractivity contribution is -0.125. The second-order valence-electron chi connectivity index (χ2n) is 4.41. The molecule has 2 rings (SSSR count). The van der Waals surface area contributed by atoms with Gasteiger partial charge >= 0.3 is 0 Å². The van der Waals surface area contributed by atoms with Gasteiger partial charge in [-0.2, -0.15) is 0 Å². The van der Waals surface area contributed by atoms with E-state index >= 15 is 0 Å². The number of amides is 2. The Hall–Kier alpha value is -1.23. The number of hydrogen-bond acceptors (Lipinski definition) is 2. The number of carbonyl (C=O) groups is 2. The van der Waals surface area contributed by atoms with Gasteiger partial charge in [-0.05, 0) is 24.1 Å². The third kappa shape index (κ3) is 2.46. The van der Waals surface area contributed by atoms with E-state index in [-0.39, 0.29) is 17.4 Å². The van der Waals surface area contributed by atoms with Crippen LogP contribution in [-0.2, 0) is 4.79 Å². The van der Waals surface area contributed by atoms with Crippen LogP contribution in [0.5, 0.6) is 0 Å². The standard InChI is InChI=1S/C13H13BrFNO2/c1-2-8-5-12(17)16(7-8)13(18)10-4-3-9(14)6-11(10)15/h3-4,6,8H,2,5,7H2,1H3. The SMILES string of the molecule is CCC1CC(=O)N(C(=O)c2ccc(Br)cc2F)C1. The molecule has 1 aromatic carbocycles. The average molecular weight is 314 g/mol. The summed E-state index contributed by atoms with van der Waals surface area (Å²) in [4.78, 5) is 25.0. The van der Waals surface area contributed by atoms with Crippen LogP contribution in [0, 0.1) is 11.7 Å². The molecule has 0 bridgehead atoms. The van der Waals surface area contributed by atoms with Crippen molar-refractivity contribution in [3.63, 3.8) is 0 Å². The molecule has 2 amide bonds. The zero-order chi connectivity index (χ0) is 13.3. The summed E-state index contributed by atoms with van der Waals surface area (Å²) in [5, 5.41) is 0. The van der Waals surface area contributed by atoms with E-state index in [1.165, 1.54) is 12.1 Å². The molecule has 1 unspecified atom stereocenters. The minimum absolute atomic E-state index is 0.0525. The van der Waals surface area contributed by atoms with Crippen LogP contribution in [-0.4, -0.2) is 23.3 Å². The van der Waals surface area contributed by atoms with Gasteiger partial charge in [0.2, 0.25) is 5.91 Å². The number of carbonyl (C=O) groups excluding carboxylic acids is 2. The van der Waals surface area contributed by atoms with Crippen molar-refractivity contribution in [2.75, 3.05) is 6.54 Å². The lowest BCUT2D eigenvalue weighted by Gasteiger charge is -2.15. The first-order chi connectivity index (χ1) is 8.52. The van der Waals surface area contributed by atoms with Crippen molar-refractivity contribution >= 4 is 27.7 Å². The van der Waals surface area contributed by atoms with Crippen molar-refractivity contribution in [1.82, 2.24) is 4.90 Å². The summed E-state index contributed by atoms with van der Waals surface area (Å²) in [6, 6.07) is 4.22. The van der Waals surface area contributed by atoms with Gasteiger partial charge in [0.05, 0.1) is 5.56 Å². The average Bonchev–Trinajstić information content (AvgIpc) is 2.70. The molecule has 0 N–H and O–H groups in total. The predicted octanol–water partition coefficient (Wildman–Crippen LogP) is 2.99. The van der Waals surface area contributed by atoms with Gasteiger partial charge in [-0.15, -0.1) is 0 Å². The van der Waals surface area contributed by atoms with Crippen molar-refractivity contribution in [2.45, 2.75) is 19.8 Å². The fourth-order valence-electron chi connectivity index (χ4n) is 2.06. The Kier molecular flexibility index (Phi) is 3.80. The highest BCUT2D eigenvalue weighted by Crippen LogP contribution is 2.24. The highest BCUT2D eigenvalue weighted by molar-refractivity contribution is 9.10. The minimum Gasteiger partial charge on any atom is -0.278 e. The van der Waals surface area contributed by atoms with Gasteiger partial charge < -0.3 is 0 Å². The first kappa shape index (κ1) is 13.2. The highest BCUT2D eigenvalue weighted by Gasteiger charge is 2.34. The van der Waals surface area contributed by atoms with Crippen molar-refractivity contribution in [3.8, 4) is 0 Å². The molecule has 0 aromatic heterocycles. The van der Waals surface area contributed by atoms with Crippen LogP contribution in [0.1, 0.15) is 30.1 Å². The van der Waals surface area contributed by atoms with E-state index in [9.17, 15) is 14.0 Å². The Bertz CT molecular complexity index is 504. The number of hydrogen-bond donors (Lipinski definition) is 0. The number of benzene rings is 1. The van der Waals surface area contributed by atoms with Crippen LogP contribution >= 0.6 is 15.9 Å². The van der Waals surface area contributed by atoms with Crippen molar-refractivity contribution in [2.24, 2.45) is 5.92 Å². The zero-order valence-electron chi connectivity index (χ0n) is 9.95. The first-order valence-electron chi connectivity index (χ1n) is 5.82. The molecular formula is C13H13BrFNO2. The van der Waals surface area contributed by atoms with Crippen LogP contribution in [0.4, 0.5) is 4.39 Å². The van der Waals surface area contributed by atoms with E-state index < -0.39 is 11.7 Å². The summed E-state index contributed by atoms with van der Waals surface area (Å²) in [5.74, 6) is -1.17. The molecular weight excluding hydrogens is 301 g/mol. The van der Waals surface area contributed by atoms with E-state index in [0.717, 1.165) is 11.3 Å². The van der Waals surface area contributed by atoms with Crippen LogP contribution in [0.15, 0.2) is 22.7 Å². The lowest BCUT2D eigenvalue weighted by Crippen LogP contribution is -2.33. The number of rotatable bonds is 2.